The maximum Gasteiger partial charge on any atom is 0.249 e. The average molecular weight is 410 g/mol. The summed E-state index contributed by atoms with van der Waals surface area (Å²) in [4.78, 5) is 18.6. The first-order valence-electron chi connectivity index (χ1n) is 11.1. The minimum absolute atomic E-state index is 0.381. The molecule has 3 rings (SSSR count). The SMILES string of the molecule is Cc1cc(OCCCC2CCN(c3ccc(C(C)C)cn3)CC2)cc(C)c1C(N)=O. The fourth-order valence-corrected chi connectivity index (χ4v) is 4.33. The maximum absolute atomic E-state index is 11.5. The van der Waals surface area contributed by atoms with E-state index in [0.717, 1.165) is 48.1 Å². The topological polar surface area (TPSA) is 68.4 Å². The molecule has 30 heavy (non-hydrogen) atoms. The summed E-state index contributed by atoms with van der Waals surface area (Å²) in [6.45, 7) is 11.1. The second kappa shape index (κ2) is 9.96. The van der Waals surface area contributed by atoms with Crippen molar-refractivity contribution >= 4 is 11.7 Å². The Labute approximate surface area is 180 Å². The van der Waals surface area contributed by atoms with E-state index in [9.17, 15) is 4.79 Å². The van der Waals surface area contributed by atoms with Crippen LogP contribution in [0.1, 0.15) is 72.5 Å². The third-order valence-electron chi connectivity index (χ3n) is 6.15. The summed E-state index contributed by atoms with van der Waals surface area (Å²) in [5, 5.41) is 0. The van der Waals surface area contributed by atoms with Crippen molar-refractivity contribution in [2.24, 2.45) is 11.7 Å². The summed E-state index contributed by atoms with van der Waals surface area (Å²) in [5.41, 5.74) is 9.09. The van der Waals surface area contributed by atoms with Gasteiger partial charge in [-0.3, -0.25) is 4.79 Å². The molecule has 0 unspecified atom stereocenters. The summed E-state index contributed by atoms with van der Waals surface area (Å²) < 4.78 is 5.94. The summed E-state index contributed by atoms with van der Waals surface area (Å²) >= 11 is 0. The number of nitrogens with zero attached hydrogens (tertiary/aromatic N) is 2. The van der Waals surface area contributed by atoms with Crippen molar-refractivity contribution < 1.29 is 9.53 Å². The zero-order valence-corrected chi connectivity index (χ0v) is 18.8. The number of aromatic nitrogens is 1. The molecule has 0 atom stereocenters. The first-order chi connectivity index (χ1) is 14.3. The smallest absolute Gasteiger partial charge is 0.249 e. The lowest BCUT2D eigenvalue weighted by atomic mass is 9.92. The van der Waals surface area contributed by atoms with Gasteiger partial charge in [0.2, 0.25) is 5.91 Å². The largest absolute Gasteiger partial charge is 0.494 e. The van der Waals surface area contributed by atoms with Gasteiger partial charge in [-0.1, -0.05) is 19.9 Å². The number of piperidine rings is 1. The van der Waals surface area contributed by atoms with Crippen LogP contribution in [0.2, 0.25) is 0 Å². The van der Waals surface area contributed by atoms with E-state index in [1.165, 1.54) is 24.8 Å². The van der Waals surface area contributed by atoms with E-state index in [4.69, 9.17) is 10.5 Å². The van der Waals surface area contributed by atoms with Gasteiger partial charge in [0, 0.05) is 24.8 Å². The van der Waals surface area contributed by atoms with Crippen LogP contribution in [0.25, 0.3) is 0 Å². The Morgan fingerprint density at radius 2 is 1.87 bits per heavy atom. The summed E-state index contributed by atoms with van der Waals surface area (Å²) in [7, 11) is 0. The second-order valence-electron chi connectivity index (χ2n) is 8.82. The van der Waals surface area contributed by atoms with Gasteiger partial charge >= 0.3 is 0 Å². The maximum atomic E-state index is 11.5. The number of hydrogen-bond acceptors (Lipinski definition) is 4. The summed E-state index contributed by atoms with van der Waals surface area (Å²) in [6, 6.07) is 8.18. The molecule has 1 aliphatic rings. The lowest BCUT2D eigenvalue weighted by molar-refractivity contribution is 0.0999. The second-order valence-corrected chi connectivity index (χ2v) is 8.82. The Morgan fingerprint density at radius 3 is 2.40 bits per heavy atom. The number of nitrogens with two attached hydrogens (primary N) is 1. The van der Waals surface area contributed by atoms with Crippen LogP contribution in [0, 0.1) is 19.8 Å². The number of aryl methyl sites for hydroxylation is 2. The number of pyridine rings is 1. The first kappa shape index (κ1) is 22.1. The molecule has 1 saturated heterocycles. The highest BCUT2D eigenvalue weighted by molar-refractivity contribution is 5.96. The molecule has 162 valence electrons. The van der Waals surface area contributed by atoms with Gasteiger partial charge in [0.1, 0.15) is 11.6 Å². The number of anilines is 1. The third kappa shape index (κ3) is 5.53. The molecular weight excluding hydrogens is 374 g/mol. The lowest BCUT2D eigenvalue weighted by Gasteiger charge is -2.33. The van der Waals surface area contributed by atoms with Crippen molar-refractivity contribution in [3.8, 4) is 5.75 Å². The zero-order valence-electron chi connectivity index (χ0n) is 18.8. The molecule has 2 heterocycles. The molecule has 2 aromatic rings. The number of primary amides is 1. The molecule has 1 aliphatic heterocycles. The molecule has 5 heteroatoms. The van der Waals surface area contributed by atoms with Crippen LogP contribution in [0.15, 0.2) is 30.5 Å². The van der Waals surface area contributed by atoms with Gasteiger partial charge in [0.05, 0.1) is 6.61 Å². The Morgan fingerprint density at radius 1 is 1.20 bits per heavy atom. The zero-order chi connectivity index (χ0) is 21.7. The van der Waals surface area contributed by atoms with Gasteiger partial charge in [0.15, 0.2) is 0 Å². The van der Waals surface area contributed by atoms with Gasteiger partial charge in [-0.05, 0) is 86.3 Å². The molecular formula is C25H35N3O2. The molecule has 1 aromatic carbocycles. The van der Waals surface area contributed by atoms with Gasteiger partial charge in [0.25, 0.3) is 0 Å². The lowest BCUT2D eigenvalue weighted by Crippen LogP contribution is -2.34. The van der Waals surface area contributed by atoms with Crippen molar-refractivity contribution in [2.75, 3.05) is 24.6 Å². The monoisotopic (exact) mass is 409 g/mol. The van der Waals surface area contributed by atoms with Crippen molar-refractivity contribution in [3.05, 3.63) is 52.7 Å². The molecule has 2 N–H and O–H groups in total. The number of carbonyl (C=O) groups is 1. The van der Waals surface area contributed by atoms with E-state index in [1.807, 2.05) is 32.2 Å². The molecule has 0 radical (unpaired) electrons. The van der Waals surface area contributed by atoms with Crippen LogP contribution in [-0.4, -0.2) is 30.6 Å². The quantitative estimate of drug-likeness (QED) is 0.623. The fourth-order valence-electron chi connectivity index (χ4n) is 4.33. The molecule has 0 spiro atoms. The fraction of sp³-hybridized carbons (Fsp3) is 0.520. The minimum atomic E-state index is -0.381. The predicted molar refractivity (Wildman–Crippen MR) is 122 cm³/mol. The standard InChI is InChI=1S/C25H35N3O2/c1-17(2)21-7-8-23(27-16-21)28-11-9-20(10-12-28)6-5-13-30-22-14-18(3)24(25(26)29)19(4)15-22/h7-8,14-17,20H,5-6,9-13H2,1-4H3,(H2,26,29). The normalized spacial score (nSPS) is 14.9. The Hall–Kier alpha value is -2.56. The van der Waals surface area contributed by atoms with E-state index in [1.54, 1.807) is 0 Å². The van der Waals surface area contributed by atoms with Gasteiger partial charge < -0.3 is 15.4 Å². The van der Waals surface area contributed by atoms with E-state index in [0.29, 0.717) is 18.1 Å². The van der Waals surface area contributed by atoms with E-state index in [-0.39, 0.29) is 5.91 Å². The van der Waals surface area contributed by atoms with Crippen LogP contribution >= 0.6 is 0 Å². The van der Waals surface area contributed by atoms with Gasteiger partial charge in [-0.2, -0.15) is 0 Å². The van der Waals surface area contributed by atoms with Crippen molar-refractivity contribution in [2.45, 2.75) is 59.3 Å². The number of carbonyl (C=O) groups excluding carboxylic acids is 1. The van der Waals surface area contributed by atoms with Crippen LogP contribution in [-0.2, 0) is 0 Å². The molecule has 1 fully saturated rings. The Kier molecular flexibility index (Phi) is 7.35. The van der Waals surface area contributed by atoms with Crippen molar-refractivity contribution in [3.63, 3.8) is 0 Å². The predicted octanol–water partition coefficient (Wildman–Crippen LogP) is 5.00. The summed E-state index contributed by atoms with van der Waals surface area (Å²) in [5.74, 6) is 2.81. The summed E-state index contributed by atoms with van der Waals surface area (Å²) in [6.07, 6.45) is 6.66. The van der Waals surface area contributed by atoms with E-state index < -0.39 is 0 Å². The number of hydrogen-bond donors (Lipinski definition) is 1. The average Bonchev–Trinajstić information content (AvgIpc) is 2.71. The molecule has 0 saturated carbocycles. The highest BCUT2D eigenvalue weighted by Gasteiger charge is 2.20. The van der Waals surface area contributed by atoms with E-state index >= 15 is 0 Å². The number of ether oxygens (including phenoxy) is 1. The molecule has 5 nitrogen and oxygen atoms in total. The third-order valence-corrected chi connectivity index (χ3v) is 6.15. The van der Waals surface area contributed by atoms with Crippen molar-refractivity contribution in [1.29, 1.82) is 0 Å². The Bertz CT molecular complexity index is 830. The van der Waals surface area contributed by atoms with Crippen molar-refractivity contribution in [1.82, 2.24) is 4.98 Å². The number of rotatable bonds is 8. The van der Waals surface area contributed by atoms with Crippen LogP contribution in [0.5, 0.6) is 5.75 Å². The number of amides is 1. The van der Waals surface area contributed by atoms with Crippen LogP contribution in [0.4, 0.5) is 5.82 Å². The molecule has 1 aromatic heterocycles. The molecule has 0 aliphatic carbocycles. The Balaban J connectivity index is 1.40. The minimum Gasteiger partial charge on any atom is -0.494 e. The number of benzene rings is 1. The van der Waals surface area contributed by atoms with Crippen LogP contribution < -0.4 is 15.4 Å². The van der Waals surface area contributed by atoms with Gasteiger partial charge in [-0.25, -0.2) is 4.98 Å². The highest BCUT2D eigenvalue weighted by Crippen LogP contribution is 2.26. The molecule has 1 amide bonds. The van der Waals surface area contributed by atoms with E-state index in [2.05, 4.69) is 35.9 Å². The first-order valence-corrected chi connectivity index (χ1v) is 11.1. The van der Waals surface area contributed by atoms with Crippen LogP contribution in [0.3, 0.4) is 0 Å². The molecule has 0 bridgehead atoms. The van der Waals surface area contributed by atoms with Gasteiger partial charge in [-0.15, -0.1) is 0 Å². The highest BCUT2D eigenvalue weighted by atomic mass is 16.5.